The Morgan fingerprint density at radius 1 is 1.33 bits per heavy atom. The Morgan fingerprint density at radius 3 is 2.67 bits per heavy atom. The monoisotopic (exact) mass is 233 g/mol. The van der Waals surface area contributed by atoms with Crippen molar-refractivity contribution in [3.63, 3.8) is 0 Å². The van der Waals surface area contributed by atoms with Crippen LogP contribution in [0.3, 0.4) is 0 Å². The van der Waals surface area contributed by atoms with E-state index >= 15 is 0 Å². The first-order chi connectivity index (χ1) is 7.22. The maximum absolute atomic E-state index is 11.0. The van der Waals surface area contributed by atoms with Gasteiger partial charge in [0.25, 0.3) is 0 Å². The molecule has 0 rings (SSSR count). The number of ether oxygens (including phenoxy) is 1. The van der Waals surface area contributed by atoms with Crippen molar-refractivity contribution in [2.45, 2.75) is 45.1 Å². The molecule has 3 nitrogen and oxygen atoms in total. The van der Waals surface area contributed by atoms with Gasteiger partial charge < -0.3 is 10.5 Å². The Morgan fingerprint density at radius 2 is 2.07 bits per heavy atom. The van der Waals surface area contributed by atoms with Crippen LogP contribution in [0.2, 0.25) is 0 Å². The summed E-state index contributed by atoms with van der Waals surface area (Å²) < 4.78 is 4.55. The van der Waals surface area contributed by atoms with Crippen LogP contribution in [-0.4, -0.2) is 30.6 Å². The number of rotatable bonds is 9. The van der Waals surface area contributed by atoms with Crippen molar-refractivity contribution in [2.75, 3.05) is 18.6 Å². The summed E-state index contributed by atoms with van der Waals surface area (Å²) in [6.07, 6.45) is 5.89. The Bertz CT molecular complexity index is 165. The highest BCUT2D eigenvalue weighted by atomic mass is 32.2. The van der Waals surface area contributed by atoms with E-state index in [1.54, 1.807) is 0 Å². The third kappa shape index (κ3) is 8.75. The van der Waals surface area contributed by atoms with Crippen LogP contribution in [0.25, 0.3) is 0 Å². The van der Waals surface area contributed by atoms with Crippen LogP contribution >= 0.6 is 11.8 Å². The molecule has 0 aromatic carbocycles. The Balaban J connectivity index is 3.20. The number of esters is 1. The van der Waals surface area contributed by atoms with Gasteiger partial charge in [-0.3, -0.25) is 4.79 Å². The second kappa shape index (κ2) is 10.3. The zero-order chi connectivity index (χ0) is 11.5. The fourth-order valence-corrected chi connectivity index (χ4v) is 2.25. The van der Waals surface area contributed by atoms with Crippen LogP contribution in [0.4, 0.5) is 0 Å². The van der Waals surface area contributed by atoms with Crippen LogP contribution < -0.4 is 5.73 Å². The maximum atomic E-state index is 11.0. The molecule has 0 aliphatic rings. The SMILES string of the molecule is CCCCCCSCCC(N)C(=O)OC. The van der Waals surface area contributed by atoms with Crippen LogP contribution in [-0.2, 0) is 9.53 Å². The first-order valence-electron chi connectivity index (χ1n) is 5.63. The highest BCUT2D eigenvalue weighted by Gasteiger charge is 2.12. The second-order valence-electron chi connectivity index (χ2n) is 3.59. The summed E-state index contributed by atoms with van der Waals surface area (Å²) in [5.41, 5.74) is 5.60. The van der Waals surface area contributed by atoms with Gasteiger partial charge in [-0.1, -0.05) is 26.2 Å². The Hall–Kier alpha value is -0.220. The smallest absolute Gasteiger partial charge is 0.322 e. The van der Waals surface area contributed by atoms with Gasteiger partial charge in [-0.15, -0.1) is 0 Å². The summed E-state index contributed by atoms with van der Waals surface area (Å²) in [6.45, 7) is 2.21. The average molecular weight is 233 g/mol. The molecule has 0 heterocycles. The zero-order valence-corrected chi connectivity index (χ0v) is 10.6. The average Bonchev–Trinajstić information content (AvgIpc) is 2.26. The van der Waals surface area contributed by atoms with E-state index < -0.39 is 6.04 Å². The molecule has 0 amide bonds. The normalized spacial score (nSPS) is 12.5. The number of hydrogen-bond donors (Lipinski definition) is 1. The summed E-state index contributed by atoms with van der Waals surface area (Å²) in [4.78, 5) is 11.0. The van der Waals surface area contributed by atoms with E-state index in [0.717, 1.165) is 5.75 Å². The lowest BCUT2D eigenvalue weighted by Crippen LogP contribution is -2.32. The van der Waals surface area contributed by atoms with Gasteiger partial charge in [-0.2, -0.15) is 11.8 Å². The molecule has 0 aromatic heterocycles. The van der Waals surface area contributed by atoms with Crippen molar-refractivity contribution in [2.24, 2.45) is 5.73 Å². The summed E-state index contributed by atoms with van der Waals surface area (Å²) in [5.74, 6) is 1.82. The van der Waals surface area contributed by atoms with Gasteiger partial charge in [-0.05, 0) is 24.3 Å². The van der Waals surface area contributed by atoms with E-state index in [-0.39, 0.29) is 5.97 Å². The van der Waals surface area contributed by atoms with Crippen molar-refractivity contribution < 1.29 is 9.53 Å². The van der Waals surface area contributed by atoms with E-state index in [1.807, 2.05) is 11.8 Å². The number of hydrogen-bond acceptors (Lipinski definition) is 4. The lowest BCUT2D eigenvalue weighted by Gasteiger charge is -2.08. The highest BCUT2D eigenvalue weighted by Crippen LogP contribution is 2.09. The molecular weight excluding hydrogens is 210 g/mol. The summed E-state index contributed by atoms with van der Waals surface area (Å²) in [6, 6.07) is -0.446. The molecule has 90 valence electrons. The third-order valence-corrected chi connectivity index (χ3v) is 3.32. The van der Waals surface area contributed by atoms with Gasteiger partial charge in [0.05, 0.1) is 7.11 Å². The highest BCUT2D eigenvalue weighted by molar-refractivity contribution is 7.99. The zero-order valence-electron chi connectivity index (χ0n) is 9.83. The Kier molecular flexibility index (Phi) is 10.2. The lowest BCUT2D eigenvalue weighted by molar-refractivity contribution is -0.142. The number of carbonyl (C=O) groups is 1. The molecule has 0 spiro atoms. The summed E-state index contributed by atoms with van der Waals surface area (Å²) in [5, 5.41) is 0. The third-order valence-electron chi connectivity index (χ3n) is 2.22. The topological polar surface area (TPSA) is 52.3 Å². The predicted molar refractivity (Wildman–Crippen MR) is 66.1 cm³/mol. The van der Waals surface area contributed by atoms with E-state index in [9.17, 15) is 4.79 Å². The molecule has 0 fully saturated rings. The maximum Gasteiger partial charge on any atom is 0.322 e. The van der Waals surface area contributed by atoms with Gasteiger partial charge >= 0.3 is 5.97 Å². The van der Waals surface area contributed by atoms with E-state index in [2.05, 4.69) is 11.7 Å². The van der Waals surface area contributed by atoms with Gasteiger partial charge in [0.1, 0.15) is 6.04 Å². The standard InChI is InChI=1S/C11H23NO2S/c1-3-4-5-6-8-15-9-7-10(12)11(13)14-2/h10H,3-9,12H2,1-2H3. The molecule has 15 heavy (non-hydrogen) atoms. The van der Waals surface area contributed by atoms with Crippen molar-refractivity contribution in [3.8, 4) is 0 Å². The van der Waals surface area contributed by atoms with Crippen molar-refractivity contribution in [1.29, 1.82) is 0 Å². The van der Waals surface area contributed by atoms with Gasteiger partial charge in [0.15, 0.2) is 0 Å². The summed E-state index contributed by atoms with van der Waals surface area (Å²) in [7, 11) is 1.38. The first-order valence-corrected chi connectivity index (χ1v) is 6.79. The molecule has 1 atom stereocenters. The molecule has 2 N–H and O–H groups in total. The summed E-state index contributed by atoms with van der Waals surface area (Å²) >= 11 is 1.87. The first kappa shape index (κ1) is 14.8. The molecule has 0 radical (unpaired) electrons. The van der Waals surface area contributed by atoms with E-state index in [1.165, 1.54) is 38.5 Å². The fraction of sp³-hybridized carbons (Fsp3) is 0.909. The molecular formula is C11H23NO2S. The van der Waals surface area contributed by atoms with Gasteiger partial charge in [0, 0.05) is 0 Å². The van der Waals surface area contributed by atoms with Gasteiger partial charge in [-0.25, -0.2) is 0 Å². The molecule has 0 aliphatic heterocycles. The number of methoxy groups -OCH3 is 1. The van der Waals surface area contributed by atoms with Gasteiger partial charge in [0.2, 0.25) is 0 Å². The van der Waals surface area contributed by atoms with Crippen molar-refractivity contribution in [1.82, 2.24) is 0 Å². The molecule has 4 heteroatoms. The van der Waals surface area contributed by atoms with Crippen LogP contribution in [0.15, 0.2) is 0 Å². The van der Waals surface area contributed by atoms with Crippen LogP contribution in [0.1, 0.15) is 39.0 Å². The number of thioether (sulfide) groups is 1. The van der Waals surface area contributed by atoms with E-state index in [0.29, 0.717) is 6.42 Å². The van der Waals surface area contributed by atoms with Crippen LogP contribution in [0.5, 0.6) is 0 Å². The number of unbranched alkanes of at least 4 members (excludes halogenated alkanes) is 3. The minimum Gasteiger partial charge on any atom is -0.468 e. The predicted octanol–water partition coefficient (Wildman–Crippen LogP) is 2.19. The molecule has 1 unspecified atom stereocenters. The van der Waals surface area contributed by atoms with Crippen LogP contribution in [0, 0.1) is 0 Å². The molecule has 0 saturated heterocycles. The molecule has 0 aliphatic carbocycles. The van der Waals surface area contributed by atoms with Crippen molar-refractivity contribution in [3.05, 3.63) is 0 Å². The second-order valence-corrected chi connectivity index (χ2v) is 4.82. The lowest BCUT2D eigenvalue weighted by atomic mass is 10.2. The Labute approximate surface area is 97.1 Å². The molecule has 0 saturated carbocycles. The minimum absolute atomic E-state index is 0.304. The molecule has 0 aromatic rings. The quantitative estimate of drug-likeness (QED) is 0.490. The molecule has 0 bridgehead atoms. The number of carbonyl (C=O) groups excluding carboxylic acids is 1. The minimum atomic E-state index is -0.446. The number of nitrogens with two attached hydrogens (primary N) is 1. The fourth-order valence-electron chi connectivity index (χ4n) is 1.21. The van der Waals surface area contributed by atoms with Crippen molar-refractivity contribution >= 4 is 17.7 Å². The largest absolute Gasteiger partial charge is 0.468 e. The van der Waals surface area contributed by atoms with E-state index in [4.69, 9.17) is 5.73 Å².